The summed E-state index contributed by atoms with van der Waals surface area (Å²) >= 11 is 0. The van der Waals surface area contributed by atoms with Crippen molar-refractivity contribution in [2.75, 3.05) is 11.5 Å². The van der Waals surface area contributed by atoms with E-state index in [4.69, 9.17) is 10.00 Å². The molecule has 0 fully saturated rings. The minimum Gasteiger partial charge on any atom is -0.462 e. The molecule has 1 rings (SSSR count). The van der Waals surface area contributed by atoms with Crippen molar-refractivity contribution in [2.24, 2.45) is 0 Å². The third-order valence-electron chi connectivity index (χ3n) is 2.94. The van der Waals surface area contributed by atoms with E-state index in [9.17, 15) is 9.59 Å². The fraction of sp³-hybridized carbons (Fsp3) is 0.278. The van der Waals surface area contributed by atoms with Gasteiger partial charge in [-0.15, -0.1) is 0 Å². The lowest BCUT2D eigenvalue weighted by Crippen LogP contribution is -2.21. The molecule has 0 aliphatic carbocycles. The Labute approximate surface area is 136 Å². The number of benzene rings is 1. The van der Waals surface area contributed by atoms with Crippen molar-refractivity contribution in [1.29, 1.82) is 5.26 Å². The Morgan fingerprint density at radius 1 is 1.30 bits per heavy atom. The van der Waals surface area contributed by atoms with Gasteiger partial charge in [-0.1, -0.05) is 31.5 Å². The van der Waals surface area contributed by atoms with Crippen LogP contribution in [0.3, 0.4) is 0 Å². The van der Waals surface area contributed by atoms with E-state index in [1.807, 2.05) is 25.1 Å². The number of rotatable bonds is 7. The quantitative estimate of drug-likeness (QED) is 0.254. The van der Waals surface area contributed by atoms with Crippen LogP contribution in [-0.2, 0) is 14.3 Å². The Kier molecular flexibility index (Phi) is 7.87. The maximum absolute atomic E-state index is 11.7. The van der Waals surface area contributed by atoms with Crippen LogP contribution in [0.1, 0.15) is 26.7 Å². The number of anilines is 1. The third-order valence-corrected chi connectivity index (χ3v) is 2.94. The van der Waals surface area contributed by atoms with Crippen LogP contribution < -0.4 is 4.90 Å². The van der Waals surface area contributed by atoms with Crippen LogP contribution >= 0.6 is 0 Å². The maximum Gasteiger partial charge on any atom is 0.348 e. The van der Waals surface area contributed by atoms with E-state index < -0.39 is 5.97 Å². The molecule has 0 aliphatic heterocycles. The second kappa shape index (κ2) is 9.96. The standard InChI is InChI=1S/C18H20N2O3/c1-3-4-13-23-18(22)16(14-19)9-8-12-20(15(2)21)17-10-6-5-7-11-17/h5-12H,3-4,13H2,1-2H3/b12-8+,16-9+. The van der Waals surface area contributed by atoms with Gasteiger partial charge < -0.3 is 4.74 Å². The number of nitriles is 1. The first-order valence-electron chi connectivity index (χ1n) is 7.40. The Bertz CT molecular complexity index is 627. The van der Waals surface area contributed by atoms with Crippen LogP contribution in [0.5, 0.6) is 0 Å². The molecule has 0 heterocycles. The van der Waals surface area contributed by atoms with Gasteiger partial charge in [0.05, 0.1) is 6.61 Å². The van der Waals surface area contributed by atoms with Crippen LogP contribution in [0, 0.1) is 11.3 Å². The van der Waals surface area contributed by atoms with Gasteiger partial charge in [0.1, 0.15) is 11.6 Å². The smallest absolute Gasteiger partial charge is 0.348 e. The van der Waals surface area contributed by atoms with Gasteiger partial charge in [0.2, 0.25) is 5.91 Å². The molecule has 0 aliphatic rings. The number of allylic oxidation sites excluding steroid dienone is 2. The monoisotopic (exact) mass is 312 g/mol. The van der Waals surface area contributed by atoms with Crippen LogP contribution in [0.25, 0.3) is 0 Å². The van der Waals surface area contributed by atoms with Crippen molar-refractivity contribution < 1.29 is 14.3 Å². The van der Waals surface area contributed by atoms with Gasteiger partial charge in [-0.25, -0.2) is 4.79 Å². The molecular weight excluding hydrogens is 292 g/mol. The molecule has 0 bridgehead atoms. The first kappa shape index (κ1) is 18.2. The van der Waals surface area contributed by atoms with Crippen molar-refractivity contribution >= 4 is 17.6 Å². The van der Waals surface area contributed by atoms with Gasteiger partial charge in [0.15, 0.2) is 0 Å². The second-order valence-corrected chi connectivity index (χ2v) is 4.75. The molecule has 23 heavy (non-hydrogen) atoms. The Morgan fingerprint density at radius 2 is 2.00 bits per heavy atom. The summed E-state index contributed by atoms with van der Waals surface area (Å²) in [5, 5.41) is 9.01. The molecule has 0 radical (unpaired) electrons. The van der Waals surface area contributed by atoms with Crippen LogP contribution in [0.4, 0.5) is 5.69 Å². The lowest BCUT2D eigenvalue weighted by atomic mass is 10.2. The topological polar surface area (TPSA) is 70.4 Å². The summed E-state index contributed by atoms with van der Waals surface area (Å²) in [6, 6.07) is 10.9. The minimum atomic E-state index is -0.653. The molecule has 0 N–H and O–H groups in total. The van der Waals surface area contributed by atoms with Crippen molar-refractivity contribution in [1.82, 2.24) is 0 Å². The van der Waals surface area contributed by atoms with E-state index in [1.54, 1.807) is 18.2 Å². The summed E-state index contributed by atoms with van der Waals surface area (Å²) in [6.07, 6.45) is 5.99. The van der Waals surface area contributed by atoms with Crippen molar-refractivity contribution in [3.05, 3.63) is 54.3 Å². The highest BCUT2D eigenvalue weighted by molar-refractivity contribution is 5.94. The SMILES string of the molecule is CCCCOC(=O)/C(C#N)=C/C=C/N(C(C)=O)c1ccccc1. The highest BCUT2D eigenvalue weighted by Crippen LogP contribution is 2.14. The Morgan fingerprint density at radius 3 is 2.57 bits per heavy atom. The summed E-state index contributed by atoms with van der Waals surface area (Å²) in [4.78, 5) is 24.8. The molecule has 1 aromatic rings. The number of carbonyl (C=O) groups excluding carboxylic acids is 2. The number of para-hydroxylation sites is 1. The van der Waals surface area contributed by atoms with E-state index in [0.717, 1.165) is 12.8 Å². The van der Waals surface area contributed by atoms with Crippen LogP contribution in [-0.4, -0.2) is 18.5 Å². The predicted molar refractivity (Wildman–Crippen MR) is 88.3 cm³/mol. The first-order chi connectivity index (χ1) is 11.1. The second-order valence-electron chi connectivity index (χ2n) is 4.75. The predicted octanol–water partition coefficient (Wildman–Crippen LogP) is 3.35. The van der Waals surface area contributed by atoms with Gasteiger partial charge in [-0.05, 0) is 30.7 Å². The van der Waals surface area contributed by atoms with E-state index in [-0.39, 0.29) is 11.5 Å². The summed E-state index contributed by atoms with van der Waals surface area (Å²) < 4.78 is 4.98. The fourth-order valence-corrected chi connectivity index (χ4v) is 1.72. The Hall–Kier alpha value is -2.87. The number of nitrogens with zero attached hydrogens (tertiary/aromatic N) is 2. The maximum atomic E-state index is 11.7. The first-order valence-corrected chi connectivity index (χ1v) is 7.40. The van der Waals surface area contributed by atoms with Gasteiger partial charge in [-0.2, -0.15) is 5.26 Å². The molecule has 0 spiro atoms. The molecule has 1 aromatic carbocycles. The highest BCUT2D eigenvalue weighted by atomic mass is 16.5. The molecule has 5 heteroatoms. The lowest BCUT2D eigenvalue weighted by Gasteiger charge is -2.15. The van der Waals surface area contributed by atoms with Gasteiger partial charge in [0, 0.05) is 18.8 Å². The highest BCUT2D eigenvalue weighted by Gasteiger charge is 2.10. The molecule has 120 valence electrons. The van der Waals surface area contributed by atoms with E-state index in [0.29, 0.717) is 12.3 Å². The number of ether oxygens (including phenoxy) is 1. The van der Waals surface area contributed by atoms with Crippen LogP contribution in [0.15, 0.2) is 54.3 Å². The molecule has 0 atom stereocenters. The molecule has 0 aromatic heterocycles. The molecule has 1 amide bonds. The number of unbranched alkanes of at least 4 members (excludes halogenated alkanes) is 1. The average Bonchev–Trinajstić information content (AvgIpc) is 2.55. The van der Waals surface area contributed by atoms with Gasteiger partial charge in [0.25, 0.3) is 0 Å². The molecule has 0 saturated carbocycles. The average molecular weight is 312 g/mol. The number of carbonyl (C=O) groups is 2. The third kappa shape index (κ3) is 6.18. The lowest BCUT2D eigenvalue weighted by molar-refractivity contribution is -0.138. The summed E-state index contributed by atoms with van der Waals surface area (Å²) in [5.74, 6) is -0.829. The van der Waals surface area contributed by atoms with Crippen molar-refractivity contribution in [2.45, 2.75) is 26.7 Å². The number of hydrogen-bond acceptors (Lipinski definition) is 4. The summed E-state index contributed by atoms with van der Waals surface area (Å²) in [5.41, 5.74) is 0.600. The normalized spacial score (nSPS) is 11.1. The fourth-order valence-electron chi connectivity index (χ4n) is 1.72. The van der Waals surface area contributed by atoms with E-state index >= 15 is 0 Å². The molecular formula is C18H20N2O3. The largest absolute Gasteiger partial charge is 0.462 e. The zero-order chi connectivity index (χ0) is 17.1. The van der Waals surface area contributed by atoms with Crippen molar-refractivity contribution in [3.63, 3.8) is 0 Å². The zero-order valence-electron chi connectivity index (χ0n) is 13.4. The van der Waals surface area contributed by atoms with Gasteiger partial charge >= 0.3 is 5.97 Å². The van der Waals surface area contributed by atoms with E-state index in [2.05, 4.69) is 0 Å². The molecule has 5 nitrogen and oxygen atoms in total. The Balaban J connectivity index is 2.81. The molecule has 0 saturated heterocycles. The van der Waals surface area contributed by atoms with E-state index in [1.165, 1.54) is 30.2 Å². The number of esters is 1. The zero-order valence-corrected chi connectivity index (χ0v) is 13.4. The summed E-state index contributed by atoms with van der Waals surface area (Å²) in [6.45, 7) is 3.71. The van der Waals surface area contributed by atoms with Crippen molar-refractivity contribution in [3.8, 4) is 6.07 Å². The summed E-state index contributed by atoms with van der Waals surface area (Å²) in [7, 11) is 0. The number of hydrogen-bond donors (Lipinski definition) is 0. The van der Waals surface area contributed by atoms with Crippen LogP contribution in [0.2, 0.25) is 0 Å². The molecule has 0 unspecified atom stereocenters. The van der Waals surface area contributed by atoms with Gasteiger partial charge in [-0.3, -0.25) is 9.69 Å². The number of amides is 1. The minimum absolute atomic E-state index is 0.103.